The maximum atomic E-state index is 13.3. The van der Waals surface area contributed by atoms with E-state index in [1.165, 1.54) is 12.1 Å². The van der Waals surface area contributed by atoms with E-state index in [0.717, 1.165) is 11.1 Å². The van der Waals surface area contributed by atoms with Crippen LogP contribution in [0.1, 0.15) is 16.1 Å². The fraction of sp³-hybridized carbons (Fsp3) is 0.0476. The fourth-order valence-corrected chi connectivity index (χ4v) is 2.71. The Kier molecular flexibility index (Phi) is 4.63. The largest absolute Gasteiger partial charge is 0.305 e. The molecule has 0 saturated heterocycles. The van der Waals surface area contributed by atoms with Crippen molar-refractivity contribution in [2.75, 3.05) is 5.32 Å². The number of amides is 1. The van der Waals surface area contributed by atoms with Crippen molar-refractivity contribution in [1.29, 1.82) is 0 Å². The van der Waals surface area contributed by atoms with E-state index in [-0.39, 0.29) is 17.4 Å². The second-order valence-corrected chi connectivity index (χ2v) is 6.22. The Hall–Kier alpha value is -3.87. The number of nitrogens with one attached hydrogen (secondary N) is 1. The second-order valence-electron chi connectivity index (χ2n) is 6.22. The van der Waals surface area contributed by atoms with Gasteiger partial charge >= 0.3 is 0 Å². The number of halogens is 1. The van der Waals surface area contributed by atoms with Crippen LogP contribution in [0.2, 0.25) is 0 Å². The molecule has 0 radical (unpaired) electrons. The normalized spacial score (nSPS) is 10.6. The number of pyridine rings is 2. The number of carbonyl (C=O) groups excluding carboxylic acids is 1. The van der Waals surface area contributed by atoms with Gasteiger partial charge in [-0.05, 0) is 61.0 Å². The van der Waals surface area contributed by atoms with Gasteiger partial charge in [-0.15, -0.1) is 0 Å². The highest BCUT2D eigenvalue weighted by Gasteiger charge is 2.17. The van der Waals surface area contributed by atoms with Crippen LogP contribution in [0.3, 0.4) is 0 Å². The van der Waals surface area contributed by atoms with Crippen LogP contribution in [-0.4, -0.2) is 25.7 Å². The van der Waals surface area contributed by atoms with Gasteiger partial charge in [0.05, 0.1) is 11.4 Å². The lowest BCUT2D eigenvalue weighted by atomic mass is 10.2. The lowest BCUT2D eigenvalue weighted by molar-refractivity contribution is 0.102. The molecule has 6 nitrogen and oxygen atoms in total. The summed E-state index contributed by atoms with van der Waals surface area (Å²) in [6, 6.07) is 14.8. The number of rotatable bonds is 4. The zero-order valence-corrected chi connectivity index (χ0v) is 15.0. The number of aryl methyl sites for hydroxylation is 1. The summed E-state index contributed by atoms with van der Waals surface area (Å²) in [5, 5.41) is 7.16. The maximum absolute atomic E-state index is 13.3. The van der Waals surface area contributed by atoms with Crippen molar-refractivity contribution in [3.63, 3.8) is 0 Å². The van der Waals surface area contributed by atoms with Gasteiger partial charge in [0.25, 0.3) is 5.91 Å². The van der Waals surface area contributed by atoms with Crippen molar-refractivity contribution in [1.82, 2.24) is 19.7 Å². The van der Waals surface area contributed by atoms with Crippen LogP contribution in [0.5, 0.6) is 0 Å². The Morgan fingerprint density at radius 2 is 1.89 bits per heavy atom. The molecule has 0 aliphatic carbocycles. The van der Waals surface area contributed by atoms with E-state index in [2.05, 4.69) is 20.4 Å². The number of benzene rings is 1. The number of anilines is 1. The van der Waals surface area contributed by atoms with Crippen molar-refractivity contribution in [3.8, 4) is 16.9 Å². The molecule has 3 aromatic heterocycles. The van der Waals surface area contributed by atoms with Gasteiger partial charge in [0.2, 0.25) is 0 Å². The Bertz CT molecular complexity index is 1110. The zero-order valence-electron chi connectivity index (χ0n) is 15.0. The molecule has 0 aliphatic heterocycles. The van der Waals surface area contributed by atoms with Gasteiger partial charge in [-0.2, -0.15) is 5.10 Å². The first kappa shape index (κ1) is 17.5. The number of hydrogen-bond donors (Lipinski definition) is 1. The van der Waals surface area contributed by atoms with Gasteiger partial charge in [-0.3, -0.25) is 9.78 Å². The van der Waals surface area contributed by atoms with Crippen LogP contribution in [0.25, 0.3) is 16.9 Å². The van der Waals surface area contributed by atoms with Crippen molar-refractivity contribution >= 4 is 11.7 Å². The molecular formula is C21H16FN5O. The van der Waals surface area contributed by atoms with Gasteiger partial charge in [0.1, 0.15) is 11.6 Å². The molecule has 0 unspecified atom stereocenters. The first-order chi connectivity index (χ1) is 13.6. The second kappa shape index (κ2) is 7.40. The minimum atomic E-state index is -0.387. The number of carbonyl (C=O) groups is 1. The summed E-state index contributed by atoms with van der Waals surface area (Å²) < 4.78 is 14.9. The topological polar surface area (TPSA) is 72.7 Å². The van der Waals surface area contributed by atoms with E-state index in [9.17, 15) is 9.18 Å². The molecule has 0 atom stereocenters. The summed E-state index contributed by atoms with van der Waals surface area (Å²) in [6.45, 7) is 1.92. The van der Waals surface area contributed by atoms with E-state index in [1.54, 1.807) is 53.6 Å². The Labute approximate surface area is 160 Å². The maximum Gasteiger partial charge on any atom is 0.277 e. The Morgan fingerprint density at radius 1 is 1.07 bits per heavy atom. The molecule has 7 heteroatoms. The van der Waals surface area contributed by atoms with Gasteiger partial charge < -0.3 is 5.32 Å². The van der Waals surface area contributed by atoms with E-state index >= 15 is 0 Å². The van der Waals surface area contributed by atoms with Crippen LogP contribution >= 0.6 is 0 Å². The van der Waals surface area contributed by atoms with Crippen LogP contribution in [0.15, 0.2) is 73.2 Å². The monoisotopic (exact) mass is 373 g/mol. The molecule has 138 valence electrons. The smallest absolute Gasteiger partial charge is 0.277 e. The van der Waals surface area contributed by atoms with E-state index in [0.29, 0.717) is 17.2 Å². The zero-order chi connectivity index (χ0) is 19.5. The molecule has 0 bridgehead atoms. The van der Waals surface area contributed by atoms with Crippen LogP contribution < -0.4 is 5.32 Å². The summed E-state index contributed by atoms with van der Waals surface area (Å²) in [7, 11) is 0. The summed E-state index contributed by atoms with van der Waals surface area (Å²) >= 11 is 0. The van der Waals surface area contributed by atoms with Gasteiger partial charge in [0, 0.05) is 24.2 Å². The molecule has 28 heavy (non-hydrogen) atoms. The van der Waals surface area contributed by atoms with Gasteiger partial charge in [0.15, 0.2) is 5.69 Å². The average Bonchev–Trinajstić information content (AvgIpc) is 3.16. The summed E-state index contributed by atoms with van der Waals surface area (Å²) in [5.41, 5.74) is 3.30. The number of aromatic nitrogens is 4. The molecule has 3 heterocycles. The number of nitrogens with zero attached hydrogens (tertiary/aromatic N) is 4. The quantitative estimate of drug-likeness (QED) is 0.586. The fourth-order valence-electron chi connectivity index (χ4n) is 2.71. The minimum Gasteiger partial charge on any atom is -0.305 e. The SMILES string of the molecule is Cc1ccc(NC(=O)c2cc(-c3cccnc3)n(-c3ccc(F)cc3)n2)nc1. The highest BCUT2D eigenvalue weighted by molar-refractivity contribution is 6.03. The third-order valence-corrected chi connectivity index (χ3v) is 4.12. The van der Waals surface area contributed by atoms with Crippen molar-refractivity contribution in [2.24, 2.45) is 0 Å². The third kappa shape index (κ3) is 3.64. The predicted octanol–water partition coefficient (Wildman–Crippen LogP) is 4.03. The van der Waals surface area contributed by atoms with Crippen LogP contribution in [0, 0.1) is 12.7 Å². The van der Waals surface area contributed by atoms with Crippen molar-refractivity contribution < 1.29 is 9.18 Å². The molecular weight excluding hydrogens is 357 g/mol. The molecule has 4 rings (SSSR count). The first-order valence-corrected chi connectivity index (χ1v) is 8.60. The molecule has 4 aromatic rings. The first-order valence-electron chi connectivity index (χ1n) is 8.60. The third-order valence-electron chi connectivity index (χ3n) is 4.12. The lowest BCUT2D eigenvalue weighted by Crippen LogP contribution is -2.14. The Morgan fingerprint density at radius 3 is 2.57 bits per heavy atom. The van der Waals surface area contributed by atoms with E-state index < -0.39 is 0 Å². The molecule has 1 N–H and O–H groups in total. The summed E-state index contributed by atoms with van der Waals surface area (Å²) in [6.07, 6.45) is 5.02. The van der Waals surface area contributed by atoms with Crippen molar-refractivity contribution in [2.45, 2.75) is 6.92 Å². The van der Waals surface area contributed by atoms with Gasteiger partial charge in [-0.1, -0.05) is 6.07 Å². The van der Waals surface area contributed by atoms with Crippen molar-refractivity contribution in [3.05, 3.63) is 90.3 Å². The van der Waals surface area contributed by atoms with Crippen LogP contribution in [0.4, 0.5) is 10.2 Å². The summed E-state index contributed by atoms with van der Waals surface area (Å²) in [5.74, 6) is -0.292. The molecule has 1 aromatic carbocycles. The summed E-state index contributed by atoms with van der Waals surface area (Å²) in [4.78, 5) is 21.0. The number of hydrogen-bond acceptors (Lipinski definition) is 4. The average molecular weight is 373 g/mol. The Balaban J connectivity index is 1.73. The lowest BCUT2D eigenvalue weighted by Gasteiger charge is -2.07. The standard InChI is InChI=1S/C21H16FN5O/c1-14-4-9-20(24-12-14)25-21(28)18-11-19(15-3-2-10-23-13-15)27(26-18)17-7-5-16(22)6-8-17/h2-13H,1H3,(H,24,25,28). The highest BCUT2D eigenvalue weighted by Crippen LogP contribution is 2.24. The van der Waals surface area contributed by atoms with Gasteiger partial charge in [-0.25, -0.2) is 14.1 Å². The van der Waals surface area contributed by atoms with E-state index in [1.807, 2.05) is 19.1 Å². The molecule has 1 amide bonds. The highest BCUT2D eigenvalue weighted by atomic mass is 19.1. The minimum absolute atomic E-state index is 0.213. The molecule has 0 aliphatic rings. The predicted molar refractivity (Wildman–Crippen MR) is 104 cm³/mol. The molecule has 0 spiro atoms. The molecule has 0 fully saturated rings. The molecule has 0 saturated carbocycles. The van der Waals surface area contributed by atoms with E-state index in [4.69, 9.17) is 0 Å². The van der Waals surface area contributed by atoms with Crippen LogP contribution in [-0.2, 0) is 0 Å².